The van der Waals surface area contributed by atoms with Crippen LogP contribution in [0, 0.1) is 6.92 Å². The van der Waals surface area contributed by atoms with Gasteiger partial charge in [-0.25, -0.2) is 0 Å². The van der Waals surface area contributed by atoms with E-state index in [0.717, 1.165) is 11.1 Å². The molecule has 110 valence electrons. The molecule has 5 nitrogen and oxygen atoms in total. The summed E-state index contributed by atoms with van der Waals surface area (Å²) < 4.78 is 0. The van der Waals surface area contributed by atoms with Gasteiger partial charge in [-0.3, -0.25) is 9.59 Å². The van der Waals surface area contributed by atoms with Crippen LogP contribution in [0.2, 0.25) is 0 Å². The SMILES string of the molecule is Cc1ccc(C(N)C(=O)NC(C)(C)CCC(=O)O)cc1. The molecular formula is C15H22N2O3. The molecule has 0 spiro atoms. The van der Waals surface area contributed by atoms with Gasteiger partial charge in [-0.2, -0.15) is 0 Å². The van der Waals surface area contributed by atoms with E-state index in [9.17, 15) is 9.59 Å². The van der Waals surface area contributed by atoms with E-state index in [1.165, 1.54) is 0 Å². The zero-order chi connectivity index (χ0) is 15.3. The third-order valence-electron chi connectivity index (χ3n) is 3.14. The minimum Gasteiger partial charge on any atom is -0.481 e. The van der Waals surface area contributed by atoms with E-state index in [4.69, 9.17) is 10.8 Å². The van der Waals surface area contributed by atoms with Crippen LogP contribution in [0.4, 0.5) is 0 Å². The van der Waals surface area contributed by atoms with Crippen molar-refractivity contribution in [1.29, 1.82) is 0 Å². The van der Waals surface area contributed by atoms with Crippen LogP contribution < -0.4 is 11.1 Å². The number of carbonyl (C=O) groups excluding carboxylic acids is 1. The smallest absolute Gasteiger partial charge is 0.303 e. The predicted molar refractivity (Wildman–Crippen MR) is 77.2 cm³/mol. The number of hydrogen-bond donors (Lipinski definition) is 3. The number of amides is 1. The molecule has 0 aliphatic carbocycles. The first-order valence-corrected chi connectivity index (χ1v) is 6.57. The van der Waals surface area contributed by atoms with Crippen molar-refractivity contribution >= 4 is 11.9 Å². The molecule has 0 fully saturated rings. The average Bonchev–Trinajstić information content (AvgIpc) is 2.36. The lowest BCUT2D eigenvalue weighted by Gasteiger charge is -2.27. The lowest BCUT2D eigenvalue weighted by molar-refractivity contribution is -0.138. The maximum Gasteiger partial charge on any atom is 0.303 e. The van der Waals surface area contributed by atoms with Crippen LogP contribution in [-0.2, 0) is 9.59 Å². The van der Waals surface area contributed by atoms with Gasteiger partial charge in [0.25, 0.3) is 0 Å². The number of aliphatic carboxylic acids is 1. The largest absolute Gasteiger partial charge is 0.481 e. The van der Waals surface area contributed by atoms with Gasteiger partial charge in [0.2, 0.25) is 5.91 Å². The third kappa shape index (κ3) is 5.01. The molecule has 5 heteroatoms. The Morgan fingerprint density at radius 1 is 1.30 bits per heavy atom. The quantitative estimate of drug-likeness (QED) is 0.739. The van der Waals surface area contributed by atoms with Crippen LogP contribution in [0.25, 0.3) is 0 Å². The fourth-order valence-electron chi connectivity index (χ4n) is 1.82. The Labute approximate surface area is 119 Å². The number of nitrogens with one attached hydrogen (secondary N) is 1. The Hall–Kier alpha value is -1.88. The zero-order valence-corrected chi connectivity index (χ0v) is 12.1. The highest BCUT2D eigenvalue weighted by atomic mass is 16.4. The third-order valence-corrected chi connectivity index (χ3v) is 3.14. The summed E-state index contributed by atoms with van der Waals surface area (Å²) in [6, 6.07) is 6.70. The van der Waals surface area contributed by atoms with Crippen LogP contribution in [0.5, 0.6) is 0 Å². The summed E-state index contributed by atoms with van der Waals surface area (Å²) in [7, 11) is 0. The van der Waals surface area contributed by atoms with Crippen LogP contribution in [-0.4, -0.2) is 22.5 Å². The first-order chi connectivity index (χ1) is 9.21. The van der Waals surface area contributed by atoms with E-state index in [1.54, 1.807) is 13.8 Å². The maximum absolute atomic E-state index is 12.1. The Bertz CT molecular complexity index is 480. The summed E-state index contributed by atoms with van der Waals surface area (Å²) in [5, 5.41) is 11.5. The highest BCUT2D eigenvalue weighted by molar-refractivity contribution is 5.83. The Balaban J connectivity index is 2.65. The Morgan fingerprint density at radius 2 is 1.85 bits per heavy atom. The number of nitrogens with two attached hydrogens (primary N) is 1. The Morgan fingerprint density at radius 3 is 2.35 bits per heavy atom. The average molecular weight is 278 g/mol. The molecule has 0 aliphatic rings. The summed E-state index contributed by atoms with van der Waals surface area (Å²) in [6.07, 6.45) is 0.363. The Kier molecular flexibility index (Phi) is 5.27. The van der Waals surface area contributed by atoms with Crippen molar-refractivity contribution in [3.63, 3.8) is 0 Å². The lowest BCUT2D eigenvalue weighted by Crippen LogP contribution is -2.47. The number of carboxylic acids is 1. The molecular weight excluding hydrogens is 256 g/mol. The van der Waals surface area contributed by atoms with E-state index in [-0.39, 0.29) is 12.3 Å². The summed E-state index contributed by atoms with van der Waals surface area (Å²) >= 11 is 0. The fourth-order valence-corrected chi connectivity index (χ4v) is 1.82. The van der Waals surface area contributed by atoms with Crippen molar-refractivity contribution in [2.24, 2.45) is 5.73 Å². The van der Waals surface area contributed by atoms with E-state index in [1.807, 2.05) is 31.2 Å². The van der Waals surface area contributed by atoms with E-state index < -0.39 is 17.6 Å². The summed E-state index contributed by atoms with van der Waals surface area (Å²) in [5.74, 6) is -1.18. The summed E-state index contributed by atoms with van der Waals surface area (Å²) in [5.41, 5.74) is 7.16. The molecule has 0 bridgehead atoms. The van der Waals surface area contributed by atoms with Gasteiger partial charge in [-0.1, -0.05) is 29.8 Å². The van der Waals surface area contributed by atoms with Gasteiger partial charge in [0.15, 0.2) is 0 Å². The van der Waals surface area contributed by atoms with Crippen LogP contribution >= 0.6 is 0 Å². The molecule has 1 amide bonds. The molecule has 0 aliphatic heterocycles. The van der Waals surface area contributed by atoms with Crippen molar-refractivity contribution in [3.8, 4) is 0 Å². The molecule has 4 N–H and O–H groups in total. The highest BCUT2D eigenvalue weighted by Crippen LogP contribution is 2.16. The summed E-state index contributed by atoms with van der Waals surface area (Å²) in [4.78, 5) is 22.7. The van der Waals surface area contributed by atoms with Crippen molar-refractivity contribution in [1.82, 2.24) is 5.32 Å². The first kappa shape index (κ1) is 16.2. The number of rotatable bonds is 6. The van der Waals surface area contributed by atoms with Crippen LogP contribution in [0.3, 0.4) is 0 Å². The standard InChI is InChI=1S/C15H22N2O3/c1-10-4-6-11(7-5-10)13(16)14(20)17-15(2,3)9-8-12(18)19/h4-7,13H,8-9,16H2,1-3H3,(H,17,20)(H,18,19). The van der Waals surface area contributed by atoms with Crippen molar-refractivity contribution in [3.05, 3.63) is 35.4 Å². The normalized spacial score (nSPS) is 12.8. The molecule has 0 radical (unpaired) electrons. The molecule has 1 rings (SSSR count). The monoisotopic (exact) mass is 278 g/mol. The molecule has 0 aromatic heterocycles. The van der Waals surface area contributed by atoms with Gasteiger partial charge in [-0.05, 0) is 32.8 Å². The number of carboxylic acid groups (broad SMARTS) is 1. The van der Waals surface area contributed by atoms with E-state index in [0.29, 0.717) is 6.42 Å². The second kappa shape index (κ2) is 6.52. The van der Waals surface area contributed by atoms with Crippen LogP contribution in [0.15, 0.2) is 24.3 Å². The van der Waals surface area contributed by atoms with Gasteiger partial charge >= 0.3 is 5.97 Å². The maximum atomic E-state index is 12.1. The van der Waals surface area contributed by atoms with Crippen molar-refractivity contribution in [2.75, 3.05) is 0 Å². The van der Waals surface area contributed by atoms with Gasteiger partial charge < -0.3 is 16.2 Å². The number of hydrogen-bond acceptors (Lipinski definition) is 3. The molecule has 20 heavy (non-hydrogen) atoms. The lowest BCUT2D eigenvalue weighted by atomic mass is 9.97. The van der Waals surface area contributed by atoms with Gasteiger partial charge in [0, 0.05) is 12.0 Å². The van der Waals surface area contributed by atoms with Crippen LogP contribution in [0.1, 0.15) is 43.9 Å². The zero-order valence-electron chi connectivity index (χ0n) is 12.1. The molecule has 0 saturated heterocycles. The molecule has 1 unspecified atom stereocenters. The minimum atomic E-state index is -0.879. The highest BCUT2D eigenvalue weighted by Gasteiger charge is 2.25. The predicted octanol–water partition coefficient (Wildman–Crippen LogP) is 1.75. The summed E-state index contributed by atoms with van der Waals surface area (Å²) in [6.45, 7) is 5.54. The van der Waals surface area contributed by atoms with Gasteiger partial charge in [0.1, 0.15) is 6.04 Å². The van der Waals surface area contributed by atoms with Crippen molar-refractivity contribution < 1.29 is 14.7 Å². The van der Waals surface area contributed by atoms with Crippen molar-refractivity contribution in [2.45, 2.75) is 45.2 Å². The second-order valence-electron chi connectivity index (χ2n) is 5.66. The molecule has 0 saturated carbocycles. The second-order valence-corrected chi connectivity index (χ2v) is 5.66. The first-order valence-electron chi connectivity index (χ1n) is 6.57. The number of carbonyl (C=O) groups is 2. The molecule has 0 heterocycles. The van der Waals surface area contributed by atoms with Gasteiger partial charge in [-0.15, -0.1) is 0 Å². The fraction of sp³-hybridized carbons (Fsp3) is 0.467. The molecule has 1 aromatic carbocycles. The van der Waals surface area contributed by atoms with E-state index in [2.05, 4.69) is 5.32 Å². The number of benzene rings is 1. The minimum absolute atomic E-state index is 0.00699. The molecule has 1 atom stereocenters. The number of aryl methyl sites for hydroxylation is 1. The van der Waals surface area contributed by atoms with E-state index >= 15 is 0 Å². The molecule has 1 aromatic rings. The van der Waals surface area contributed by atoms with Gasteiger partial charge in [0.05, 0.1) is 0 Å². The topological polar surface area (TPSA) is 92.4 Å².